The minimum atomic E-state index is -1.05. The summed E-state index contributed by atoms with van der Waals surface area (Å²) in [4.78, 5) is 28.9. The zero-order valence-corrected chi connectivity index (χ0v) is 21.8. The van der Waals surface area contributed by atoms with Crippen molar-refractivity contribution in [1.29, 1.82) is 0 Å². The van der Waals surface area contributed by atoms with Gasteiger partial charge in [-0.15, -0.1) is 0 Å². The number of aliphatic carboxylic acids is 1. The molecule has 0 fully saturated rings. The molecule has 0 saturated carbocycles. The van der Waals surface area contributed by atoms with E-state index < -0.39 is 17.8 Å². The van der Waals surface area contributed by atoms with Crippen molar-refractivity contribution in [1.82, 2.24) is 10.3 Å². The molecule has 8 nitrogen and oxygen atoms in total. The minimum Gasteiger partial charge on any atom is -0.507 e. The Morgan fingerprint density at radius 3 is 2.41 bits per heavy atom. The van der Waals surface area contributed by atoms with Crippen LogP contribution in [0.15, 0.2) is 95.1 Å². The Morgan fingerprint density at radius 1 is 1.03 bits per heavy atom. The Kier molecular flexibility index (Phi) is 8.78. The zero-order valence-electron chi connectivity index (χ0n) is 21.8. The number of carbonyl (C=O) groups is 2. The van der Waals surface area contributed by atoms with E-state index >= 15 is 0 Å². The number of benzene rings is 3. The van der Waals surface area contributed by atoms with E-state index in [1.807, 2.05) is 49.4 Å². The Balaban J connectivity index is 1.31. The van der Waals surface area contributed by atoms with E-state index in [9.17, 15) is 19.8 Å². The minimum absolute atomic E-state index is 0.128. The van der Waals surface area contributed by atoms with Gasteiger partial charge >= 0.3 is 5.97 Å². The summed E-state index contributed by atoms with van der Waals surface area (Å²) in [7, 11) is 0. The number of hydrogen-bond donors (Lipinski definition) is 3. The number of nitrogens with one attached hydrogen (secondary N) is 1. The van der Waals surface area contributed by atoms with Gasteiger partial charge in [-0.05, 0) is 55.8 Å². The molecule has 3 N–H and O–H groups in total. The van der Waals surface area contributed by atoms with Crippen molar-refractivity contribution in [3.63, 3.8) is 0 Å². The zero-order chi connectivity index (χ0) is 27.8. The van der Waals surface area contributed by atoms with Gasteiger partial charge in [-0.1, -0.05) is 42.5 Å². The van der Waals surface area contributed by atoms with Crippen molar-refractivity contribution < 1.29 is 29.0 Å². The lowest BCUT2D eigenvalue weighted by Gasteiger charge is -2.16. The van der Waals surface area contributed by atoms with Crippen LogP contribution in [-0.4, -0.2) is 39.6 Å². The number of aryl methyl sites for hydroxylation is 1. The Bertz CT molecular complexity index is 1460. The lowest BCUT2D eigenvalue weighted by atomic mass is 10.0. The van der Waals surface area contributed by atoms with Gasteiger partial charge in [0.05, 0.1) is 17.9 Å². The summed E-state index contributed by atoms with van der Waals surface area (Å²) in [5.41, 5.74) is 3.09. The molecule has 0 bridgehead atoms. The van der Waals surface area contributed by atoms with E-state index in [-0.39, 0.29) is 17.7 Å². The van der Waals surface area contributed by atoms with Gasteiger partial charge in [0.15, 0.2) is 5.78 Å². The van der Waals surface area contributed by atoms with E-state index in [4.69, 9.17) is 9.15 Å². The number of ether oxygens (including phenoxy) is 1. The molecule has 0 unspecified atom stereocenters. The molecule has 0 spiro atoms. The van der Waals surface area contributed by atoms with Gasteiger partial charge in [-0.3, -0.25) is 4.79 Å². The maximum atomic E-state index is 12.4. The molecule has 8 heteroatoms. The number of phenols is 1. The highest BCUT2D eigenvalue weighted by atomic mass is 16.5. The first-order chi connectivity index (χ1) is 18.8. The van der Waals surface area contributed by atoms with Crippen LogP contribution in [0.3, 0.4) is 0 Å². The van der Waals surface area contributed by atoms with E-state index in [1.165, 1.54) is 18.2 Å². The first-order valence-corrected chi connectivity index (χ1v) is 12.5. The summed E-state index contributed by atoms with van der Waals surface area (Å²) in [6.45, 7) is 3.91. The molecule has 1 heterocycles. The lowest BCUT2D eigenvalue weighted by Crippen LogP contribution is -2.37. The SMILES string of the molecule is C/C(=C/C(=O)c1ccccc1O)N[C@@H](Cc1ccc(OCCc2nc(-c3ccccc3)oc2C)cc1)C(=O)O. The normalized spacial score (nSPS) is 12.1. The van der Waals surface area contributed by atoms with Gasteiger partial charge in [0, 0.05) is 30.2 Å². The quantitative estimate of drug-likeness (QED) is 0.167. The maximum Gasteiger partial charge on any atom is 0.326 e. The van der Waals surface area contributed by atoms with E-state index in [2.05, 4.69) is 10.3 Å². The third kappa shape index (κ3) is 7.35. The average molecular weight is 527 g/mol. The number of aromatic hydroxyl groups is 1. The number of allylic oxidation sites excluding steroid dienone is 2. The topological polar surface area (TPSA) is 122 Å². The van der Waals surface area contributed by atoms with E-state index in [0.717, 1.165) is 22.6 Å². The van der Waals surface area contributed by atoms with Crippen LogP contribution in [0.1, 0.15) is 34.3 Å². The van der Waals surface area contributed by atoms with Crippen LogP contribution in [0.25, 0.3) is 11.5 Å². The molecular weight excluding hydrogens is 496 g/mol. The number of carboxylic acids is 1. The number of phenolic OH excluding ortho intramolecular Hbond substituents is 1. The van der Waals surface area contributed by atoms with Gasteiger partial charge in [0.2, 0.25) is 5.89 Å². The number of hydrogen-bond acceptors (Lipinski definition) is 7. The molecule has 0 saturated heterocycles. The number of rotatable bonds is 12. The fraction of sp³-hybridized carbons (Fsp3) is 0.194. The molecule has 1 aromatic heterocycles. The Morgan fingerprint density at radius 2 is 1.72 bits per heavy atom. The molecule has 0 aliphatic heterocycles. The number of aromatic nitrogens is 1. The predicted molar refractivity (Wildman–Crippen MR) is 147 cm³/mol. The molecule has 4 aromatic rings. The van der Waals surface area contributed by atoms with Crippen molar-refractivity contribution in [3.8, 4) is 23.0 Å². The van der Waals surface area contributed by atoms with Gasteiger partial charge in [-0.25, -0.2) is 9.78 Å². The highest BCUT2D eigenvalue weighted by molar-refractivity contribution is 6.06. The number of para-hydroxylation sites is 1. The summed E-state index contributed by atoms with van der Waals surface area (Å²) < 4.78 is 11.7. The van der Waals surface area contributed by atoms with Crippen LogP contribution in [0.5, 0.6) is 11.5 Å². The Hall–Kier alpha value is -4.85. The first kappa shape index (κ1) is 27.2. The number of oxazole rings is 1. The molecule has 0 amide bonds. The number of carbonyl (C=O) groups excluding carboxylic acids is 1. The van der Waals surface area contributed by atoms with Crippen LogP contribution < -0.4 is 10.1 Å². The molecule has 3 aromatic carbocycles. The molecule has 0 aliphatic rings. The summed E-state index contributed by atoms with van der Waals surface area (Å²) in [6, 6.07) is 22.2. The molecule has 0 radical (unpaired) electrons. The largest absolute Gasteiger partial charge is 0.507 e. The standard InChI is InChI=1S/C31H30N2O6/c1-20(18-29(35)25-10-6-7-11-28(25)34)32-27(31(36)37)19-22-12-14-24(15-13-22)38-17-16-26-21(2)39-30(33-26)23-8-4-3-5-9-23/h3-15,18,27,32,34H,16-17,19H2,1-2H3,(H,36,37)/b20-18-/t27-/m0/s1. The van der Waals surface area contributed by atoms with Gasteiger partial charge in [-0.2, -0.15) is 0 Å². The second-order valence-electron chi connectivity index (χ2n) is 9.08. The van der Waals surface area contributed by atoms with Crippen LogP contribution in [0, 0.1) is 6.92 Å². The summed E-state index contributed by atoms with van der Waals surface area (Å²) >= 11 is 0. The fourth-order valence-electron chi connectivity index (χ4n) is 4.06. The predicted octanol–water partition coefficient (Wildman–Crippen LogP) is 5.35. The lowest BCUT2D eigenvalue weighted by molar-refractivity contribution is -0.139. The first-order valence-electron chi connectivity index (χ1n) is 12.5. The molecule has 4 rings (SSSR count). The molecular formula is C31H30N2O6. The maximum absolute atomic E-state index is 12.4. The summed E-state index contributed by atoms with van der Waals surface area (Å²) in [6.07, 6.45) is 2.06. The van der Waals surface area contributed by atoms with Crippen LogP contribution in [0.2, 0.25) is 0 Å². The average Bonchev–Trinajstić information content (AvgIpc) is 3.30. The van der Waals surface area contributed by atoms with Crippen molar-refractivity contribution >= 4 is 11.8 Å². The van der Waals surface area contributed by atoms with Crippen LogP contribution >= 0.6 is 0 Å². The second-order valence-corrected chi connectivity index (χ2v) is 9.08. The van der Waals surface area contributed by atoms with Gasteiger partial charge in [0.1, 0.15) is 23.3 Å². The van der Waals surface area contributed by atoms with E-state index in [0.29, 0.717) is 30.4 Å². The molecule has 39 heavy (non-hydrogen) atoms. The third-order valence-electron chi connectivity index (χ3n) is 6.10. The highest BCUT2D eigenvalue weighted by Gasteiger charge is 2.19. The van der Waals surface area contributed by atoms with Crippen LogP contribution in [-0.2, 0) is 17.6 Å². The van der Waals surface area contributed by atoms with Gasteiger partial charge in [0.25, 0.3) is 0 Å². The highest BCUT2D eigenvalue weighted by Crippen LogP contribution is 2.22. The number of ketones is 1. The third-order valence-corrected chi connectivity index (χ3v) is 6.10. The second kappa shape index (κ2) is 12.6. The van der Waals surface area contributed by atoms with Gasteiger partial charge < -0.3 is 24.7 Å². The summed E-state index contributed by atoms with van der Waals surface area (Å²) in [5, 5.41) is 22.5. The van der Waals surface area contributed by atoms with Crippen molar-refractivity contribution in [2.24, 2.45) is 0 Å². The number of carboxylic acid groups (broad SMARTS) is 1. The number of nitrogens with zero attached hydrogens (tertiary/aromatic N) is 1. The van der Waals surface area contributed by atoms with Crippen LogP contribution in [0.4, 0.5) is 0 Å². The summed E-state index contributed by atoms with van der Waals surface area (Å²) in [5.74, 6) is 0.411. The molecule has 200 valence electrons. The van der Waals surface area contributed by atoms with Crippen molar-refractivity contribution in [3.05, 3.63) is 113 Å². The molecule has 1 atom stereocenters. The Labute approximate surface area is 226 Å². The van der Waals surface area contributed by atoms with Crippen molar-refractivity contribution in [2.45, 2.75) is 32.7 Å². The fourth-order valence-corrected chi connectivity index (χ4v) is 4.06. The van der Waals surface area contributed by atoms with E-state index in [1.54, 1.807) is 31.2 Å². The monoisotopic (exact) mass is 526 g/mol. The smallest absolute Gasteiger partial charge is 0.326 e. The van der Waals surface area contributed by atoms with Crippen molar-refractivity contribution in [2.75, 3.05) is 6.61 Å². The molecule has 0 aliphatic carbocycles.